The van der Waals surface area contributed by atoms with Crippen molar-refractivity contribution < 1.29 is 78.5 Å². The van der Waals surface area contributed by atoms with E-state index in [-0.39, 0.29) is 56.0 Å². The van der Waals surface area contributed by atoms with Crippen LogP contribution in [-0.4, -0.2) is 135 Å². The summed E-state index contributed by atoms with van der Waals surface area (Å²) in [6.45, 7) is 12.0. The van der Waals surface area contributed by atoms with Crippen LogP contribution >= 0.6 is 0 Å². The fraction of sp³-hybridized carbons (Fsp3) is 0.385. The fourth-order valence-corrected chi connectivity index (χ4v) is 15.7. The molecule has 8 aromatic rings. The Bertz CT molecular complexity index is 3960. The zero-order chi connectivity index (χ0) is 70.1. The van der Waals surface area contributed by atoms with Gasteiger partial charge in [-0.05, 0) is 82.7 Å². The molecule has 0 radical (unpaired) electrons. The van der Waals surface area contributed by atoms with E-state index in [1.807, 2.05) is 202 Å². The van der Waals surface area contributed by atoms with Gasteiger partial charge in [0, 0.05) is 0 Å². The Labute approximate surface area is 589 Å². The molecule has 3 fully saturated rings. The molecule has 19 nitrogen and oxygen atoms in total. The van der Waals surface area contributed by atoms with Gasteiger partial charge in [0.25, 0.3) is 0 Å². The number of aliphatic hydroxyl groups is 1. The number of aliphatic hydroxyl groups excluding tert-OH is 1. The highest BCUT2D eigenvalue weighted by Crippen LogP contribution is 2.42. The number of hydrogen-bond acceptors (Lipinski definition) is 17. The van der Waals surface area contributed by atoms with Gasteiger partial charge in [-0.3, -0.25) is 0 Å². The van der Waals surface area contributed by atoms with E-state index in [9.17, 15) is 5.11 Å². The third-order valence-corrected chi connectivity index (χ3v) is 25.9. The first-order valence-corrected chi connectivity index (χ1v) is 39.8. The van der Waals surface area contributed by atoms with E-state index in [0.29, 0.717) is 0 Å². The minimum Gasteiger partial charge on any atom is -0.391 e. The molecule has 3 N–H and O–H groups in total. The van der Waals surface area contributed by atoms with Gasteiger partial charge in [-0.2, -0.15) is 0 Å². The van der Waals surface area contributed by atoms with Gasteiger partial charge in [-0.1, -0.05) is 239 Å². The first kappa shape index (κ1) is 74.5. The Hall–Kier alpha value is -6.72. The monoisotopic (exact) mass is 1420 g/mol. The van der Waals surface area contributed by atoms with Crippen LogP contribution in [0.15, 0.2) is 252 Å². The summed E-state index contributed by atoms with van der Waals surface area (Å²) in [5.41, 5.74) is 5.00. The minimum absolute atomic E-state index is 0.0530. The summed E-state index contributed by atoms with van der Waals surface area (Å²) in [5.74, 6) is 0. The number of sulfonamides is 2. The molecule has 8 aromatic carbocycles. The van der Waals surface area contributed by atoms with Crippen LogP contribution in [-0.2, 0) is 116 Å². The van der Waals surface area contributed by atoms with Gasteiger partial charge in [-0.15, -0.1) is 0 Å². The van der Waals surface area contributed by atoms with Crippen LogP contribution in [0.5, 0.6) is 0 Å². The second-order valence-electron chi connectivity index (χ2n) is 26.8. The number of rotatable bonds is 32. The fourth-order valence-electron chi connectivity index (χ4n) is 12.0. The van der Waals surface area contributed by atoms with Crippen molar-refractivity contribution in [3.05, 3.63) is 276 Å². The summed E-state index contributed by atoms with van der Waals surface area (Å²) < 4.78 is 151. The average molecular weight is 1420 g/mol. The summed E-state index contributed by atoms with van der Waals surface area (Å²) in [4.78, 5) is -0.150. The topological polar surface area (TPSA) is 223 Å². The molecule has 3 aliphatic rings. The van der Waals surface area contributed by atoms with Crippen LogP contribution in [0.4, 0.5) is 0 Å². The largest absolute Gasteiger partial charge is 0.391 e. The Morgan fingerprint density at radius 1 is 0.390 bits per heavy atom. The third kappa shape index (κ3) is 19.9. The quantitative estimate of drug-likeness (QED) is 0.0333. The lowest BCUT2D eigenvalue weighted by Crippen LogP contribution is -2.71. The maximum absolute atomic E-state index is 15.2. The Morgan fingerprint density at radius 2 is 0.740 bits per heavy atom. The molecular weight excluding hydrogens is 1330 g/mol. The zero-order valence-corrected chi connectivity index (χ0v) is 59.8. The summed E-state index contributed by atoms with van der Waals surface area (Å²) in [5, 5.41) is 12.3. The molecule has 3 saturated heterocycles. The standard InChI is InChI=1S/C78H92N2O17S2Si/c1-55-69(87-48-57-33-17-8-18-34-57)73(90-51-60-39-23-11-24-40-60)74(91-52-61-41-25-12-26-42-61)77(93-55)92-54-65-70(72(89-50-59-37-21-10-22-38-59)67(76(95-65)97-100(5,6)78(2,3)4)80-99(84,85)63-45-29-14-30-46-63)96-75-66(79-98(82,83)62-43-27-13-28-44-62)71(88-49-58-35-19-9-20-36-58)68(81)64(94-75)53-86-47-56-31-15-7-16-32-56/h7-46,55,64-77,79-81H,47-54H2,1-6H3/t55-,64+,65+,66+,67+,68+,69+,70+,71+,72+,73+,74-,75-,76+,77+/m0/s1. The molecule has 15 atom stereocenters. The Kier molecular flexibility index (Phi) is 26.0. The second-order valence-corrected chi connectivity index (χ2v) is 35.0. The van der Waals surface area contributed by atoms with Crippen LogP contribution in [0, 0.1) is 0 Å². The van der Waals surface area contributed by atoms with Crippen molar-refractivity contribution in [2.75, 3.05) is 13.2 Å². The predicted octanol–water partition coefficient (Wildman–Crippen LogP) is 11.8. The van der Waals surface area contributed by atoms with Gasteiger partial charge in [0.15, 0.2) is 27.2 Å². The van der Waals surface area contributed by atoms with Crippen molar-refractivity contribution in [3.63, 3.8) is 0 Å². The smallest absolute Gasteiger partial charge is 0.241 e. The van der Waals surface area contributed by atoms with E-state index in [2.05, 4.69) is 30.2 Å². The molecule has 100 heavy (non-hydrogen) atoms. The van der Waals surface area contributed by atoms with Crippen LogP contribution in [0.2, 0.25) is 18.1 Å². The molecule has 0 unspecified atom stereocenters. The molecule has 0 spiro atoms. The van der Waals surface area contributed by atoms with Crippen molar-refractivity contribution >= 4 is 28.4 Å². The van der Waals surface area contributed by atoms with Gasteiger partial charge in [0.2, 0.25) is 20.0 Å². The second kappa shape index (κ2) is 35.0. The number of ether oxygens (including phenoxy) is 11. The normalized spacial score (nSPS) is 26.1. The van der Waals surface area contributed by atoms with Crippen molar-refractivity contribution in [2.45, 2.75) is 187 Å². The molecular formula is C78H92N2O17S2Si. The van der Waals surface area contributed by atoms with Gasteiger partial charge in [0.1, 0.15) is 67.0 Å². The molecule has 532 valence electrons. The molecule has 0 aromatic heterocycles. The maximum Gasteiger partial charge on any atom is 0.241 e. The highest BCUT2D eigenvalue weighted by molar-refractivity contribution is 7.89. The lowest BCUT2D eigenvalue weighted by atomic mass is 9.94. The molecule has 11 rings (SSSR count). The predicted molar refractivity (Wildman–Crippen MR) is 379 cm³/mol. The molecule has 22 heteroatoms. The lowest BCUT2D eigenvalue weighted by molar-refractivity contribution is -0.349. The van der Waals surface area contributed by atoms with Gasteiger partial charge < -0.3 is 61.6 Å². The highest BCUT2D eigenvalue weighted by atomic mass is 32.2. The van der Waals surface area contributed by atoms with E-state index >= 15 is 16.8 Å². The lowest BCUT2D eigenvalue weighted by Gasteiger charge is -2.52. The van der Waals surface area contributed by atoms with Gasteiger partial charge in [0.05, 0.1) is 68.7 Å². The molecule has 0 saturated carbocycles. The first-order valence-electron chi connectivity index (χ1n) is 33.9. The van der Waals surface area contributed by atoms with E-state index in [1.54, 1.807) is 36.4 Å². The Balaban J connectivity index is 1.05. The Morgan fingerprint density at radius 3 is 1.16 bits per heavy atom. The molecule has 3 heterocycles. The first-order chi connectivity index (χ1) is 48.3. The third-order valence-electron chi connectivity index (χ3n) is 18.5. The van der Waals surface area contributed by atoms with Crippen LogP contribution in [0.25, 0.3) is 0 Å². The summed E-state index contributed by atoms with van der Waals surface area (Å²) in [7, 11) is -12.0. The van der Waals surface area contributed by atoms with Crippen LogP contribution in [0.3, 0.4) is 0 Å². The molecule has 0 bridgehead atoms. The number of nitrogens with one attached hydrogen (secondary N) is 2. The highest BCUT2D eigenvalue weighted by Gasteiger charge is 2.57. The summed E-state index contributed by atoms with van der Waals surface area (Å²) >= 11 is 0. The molecule has 0 aliphatic carbocycles. The summed E-state index contributed by atoms with van der Waals surface area (Å²) in [6.07, 6.45) is -16.1. The van der Waals surface area contributed by atoms with E-state index in [4.69, 9.17) is 56.5 Å². The number of benzene rings is 8. The maximum atomic E-state index is 15.2. The van der Waals surface area contributed by atoms with Gasteiger partial charge in [-0.25, -0.2) is 26.3 Å². The van der Waals surface area contributed by atoms with E-state index in [1.165, 1.54) is 24.3 Å². The van der Waals surface area contributed by atoms with Crippen LogP contribution < -0.4 is 9.44 Å². The van der Waals surface area contributed by atoms with E-state index in [0.717, 1.165) is 33.4 Å². The average Bonchev–Trinajstić information content (AvgIpc) is 0.756. The number of hydrogen-bond donors (Lipinski definition) is 3. The minimum atomic E-state index is -4.52. The van der Waals surface area contributed by atoms with Crippen molar-refractivity contribution in [3.8, 4) is 0 Å². The van der Waals surface area contributed by atoms with E-state index < -0.39 is 132 Å². The SMILES string of the molecule is C[C@@H]1O[C@@H](OC[C@H]2O[C@H](O[Si](C)(C)C(C)(C)C)[C@H](NS(=O)(=O)c3ccccc3)[C@@H](OCc3ccccc3)[C@@H]2O[C@@H]2O[C@H](COCc3ccccc3)[C@@H](O)[C@H](OCc3ccccc3)[C@H]2NS(=O)(=O)c2ccccc2)[C@@H](OCc2ccccc2)[C@H](OCc2ccccc2)[C@@H]1OCc1ccccc1. The zero-order valence-electron chi connectivity index (χ0n) is 57.2. The van der Waals surface area contributed by atoms with Crippen molar-refractivity contribution in [2.24, 2.45) is 0 Å². The van der Waals surface area contributed by atoms with Crippen molar-refractivity contribution in [1.82, 2.24) is 9.44 Å². The molecule has 0 amide bonds. The van der Waals surface area contributed by atoms with Gasteiger partial charge >= 0.3 is 0 Å². The van der Waals surface area contributed by atoms with Crippen molar-refractivity contribution in [1.29, 1.82) is 0 Å². The summed E-state index contributed by atoms with van der Waals surface area (Å²) in [6, 6.07) is 70.1. The van der Waals surface area contributed by atoms with Crippen LogP contribution in [0.1, 0.15) is 61.1 Å². The molecule has 3 aliphatic heterocycles.